The molecule has 1 aliphatic rings. The standard InChI is InChI=1S/C23H25N7S/c1-16(2)20-15-28(22-9-8-21-25-11-12-30(21)27-22)13-14-29(20)23(31)26-19-7-3-6-18-17(19)5-4-10-24-18/h3-12,16,20H,13-15H2,1-2H3,(H,26,31). The van der Waals surface area contributed by atoms with Crippen molar-refractivity contribution in [3.63, 3.8) is 0 Å². The van der Waals surface area contributed by atoms with Gasteiger partial charge in [0.2, 0.25) is 0 Å². The first-order valence-corrected chi connectivity index (χ1v) is 11.0. The number of rotatable bonds is 3. The molecule has 1 aromatic carbocycles. The van der Waals surface area contributed by atoms with Gasteiger partial charge in [-0.1, -0.05) is 19.9 Å². The van der Waals surface area contributed by atoms with Crippen molar-refractivity contribution in [2.75, 3.05) is 29.9 Å². The highest BCUT2D eigenvalue weighted by molar-refractivity contribution is 7.80. The maximum absolute atomic E-state index is 5.87. The van der Waals surface area contributed by atoms with E-state index in [1.54, 1.807) is 6.20 Å². The van der Waals surface area contributed by atoms with Crippen molar-refractivity contribution in [2.45, 2.75) is 19.9 Å². The van der Waals surface area contributed by atoms with Crippen LogP contribution in [0.4, 0.5) is 11.5 Å². The number of anilines is 2. The molecule has 7 nitrogen and oxygen atoms in total. The minimum atomic E-state index is 0.280. The molecule has 4 aromatic rings. The Labute approximate surface area is 186 Å². The lowest BCUT2D eigenvalue weighted by Crippen LogP contribution is -2.58. The number of benzene rings is 1. The van der Waals surface area contributed by atoms with Gasteiger partial charge in [-0.15, -0.1) is 5.10 Å². The smallest absolute Gasteiger partial charge is 0.173 e. The molecule has 1 saturated heterocycles. The molecule has 1 fully saturated rings. The summed E-state index contributed by atoms with van der Waals surface area (Å²) in [4.78, 5) is 13.4. The molecule has 1 N–H and O–H groups in total. The highest BCUT2D eigenvalue weighted by Crippen LogP contribution is 2.25. The summed E-state index contributed by atoms with van der Waals surface area (Å²) < 4.78 is 1.83. The number of imidazole rings is 1. The lowest BCUT2D eigenvalue weighted by atomic mass is 10.00. The largest absolute Gasteiger partial charge is 0.351 e. The van der Waals surface area contributed by atoms with Crippen molar-refractivity contribution < 1.29 is 0 Å². The molecule has 5 rings (SSSR count). The van der Waals surface area contributed by atoms with Gasteiger partial charge >= 0.3 is 0 Å². The first-order chi connectivity index (χ1) is 15.1. The summed E-state index contributed by atoms with van der Waals surface area (Å²) >= 11 is 5.87. The number of hydrogen-bond donors (Lipinski definition) is 1. The van der Waals surface area contributed by atoms with Gasteiger partial charge in [0, 0.05) is 49.3 Å². The van der Waals surface area contributed by atoms with Crippen LogP contribution in [-0.2, 0) is 0 Å². The highest BCUT2D eigenvalue weighted by Gasteiger charge is 2.31. The Bertz CT molecular complexity index is 1230. The predicted octanol–water partition coefficient (Wildman–Crippen LogP) is 3.82. The molecule has 1 aliphatic heterocycles. The number of piperazine rings is 1. The predicted molar refractivity (Wildman–Crippen MR) is 128 cm³/mol. The third kappa shape index (κ3) is 3.79. The SMILES string of the molecule is CC(C)C1CN(c2ccc3nccn3n2)CCN1C(=S)Nc1cccc2ncccc12. The summed E-state index contributed by atoms with van der Waals surface area (Å²) in [5.41, 5.74) is 2.81. The quantitative estimate of drug-likeness (QED) is 0.495. The Morgan fingerprint density at radius 1 is 1.06 bits per heavy atom. The zero-order valence-electron chi connectivity index (χ0n) is 17.6. The molecule has 0 spiro atoms. The van der Waals surface area contributed by atoms with Crippen molar-refractivity contribution in [1.82, 2.24) is 24.5 Å². The van der Waals surface area contributed by atoms with E-state index in [4.69, 9.17) is 17.3 Å². The van der Waals surface area contributed by atoms with Crippen LogP contribution in [0.5, 0.6) is 0 Å². The van der Waals surface area contributed by atoms with E-state index in [-0.39, 0.29) is 6.04 Å². The summed E-state index contributed by atoms with van der Waals surface area (Å²) in [6.07, 6.45) is 5.47. The van der Waals surface area contributed by atoms with E-state index in [0.717, 1.165) is 52.8 Å². The maximum Gasteiger partial charge on any atom is 0.173 e. The Kier molecular flexibility index (Phi) is 5.15. The van der Waals surface area contributed by atoms with Gasteiger partial charge in [-0.2, -0.15) is 0 Å². The maximum atomic E-state index is 5.87. The Balaban J connectivity index is 1.36. The molecule has 0 aliphatic carbocycles. The fraction of sp³-hybridized carbons (Fsp3) is 0.304. The van der Waals surface area contributed by atoms with Gasteiger partial charge in [0.05, 0.1) is 11.6 Å². The average Bonchev–Trinajstić information content (AvgIpc) is 3.27. The minimum absolute atomic E-state index is 0.280. The van der Waals surface area contributed by atoms with E-state index < -0.39 is 0 Å². The van der Waals surface area contributed by atoms with Crippen LogP contribution in [0, 0.1) is 5.92 Å². The number of nitrogens with one attached hydrogen (secondary N) is 1. The van der Waals surface area contributed by atoms with Crippen LogP contribution in [0.3, 0.4) is 0 Å². The van der Waals surface area contributed by atoms with Gasteiger partial charge in [0.25, 0.3) is 0 Å². The zero-order chi connectivity index (χ0) is 21.4. The molecular weight excluding hydrogens is 406 g/mol. The van der Waals surface area contributed by atoms with E-state index in [9.17, 15) is 0 Å². The summed E-state index contributed by atoms with van der Waals surface area (Å²) in [6.45, 7) is 7.05. The van der Waals surface area contributed by atoms with E-state index in [2.05, 4.69) is 57.1 Å². The van der Waals surface area contributed by atoms with Crippen LogP contribution in [0.1, 0.15) is 13.8 Å². The minimum Gasteiger partial charge on any atom is -0.351 e. The molecule has 158 valence electrons. The number of fused-ring (bicyclic) bond motifs is 2. The van der Waals surface area contributed by atoms with Crippen molar-refractivity contribution in [2.24, 2.45) is 5.92 Å². The van der Waals surface area contributed by atoms with Gasteiger partial charge in [-0.3, -0.25) is 4.98 Å². The summed E-state index contributed by atoms with van der Waals surface area (Å²) in [5, 5.41) is 10.0. The number of aromatic nitrogens is 4. The van der Waals surface area contributed by atoms with E-state index in [1.807, 2.05) is 41.2 Å². The molecule has 0 amide bonds. The number of hydrogen-bond acceptors (Lipinski definition) is 5. The second kappa shape index (κ2) is 8.11. The van der Waals surface area contributed by atoms with Crippen LogP contribution in [0.15, 0.2) is 61.1 Å². The van der Waals surface area contributed by atoms with Gasteiger partial charge in [0.15, 0.2) is 10.8 Å². The third-order valence-electron chi connectivity index (χ3n) is 5.90. The van der Waals surface area contributed by atoms with Crippen LogP contribution in [0.2, 0.25) is 0 Å². The molecular formula is C23H25N7S. The van der Waals surface area contributed by atoms with Crippen molar-refractivity contribution >= 4 is 45.4 Å². The van der Waals surface area contributed by atoms with E-state index in [1.165, 1.54) is 0 Å². The summed E-state index contributed by atoms with van der Waals surface area (Å²) in [5.74, 6) is 1.41. The van der Waals surface area contributed by atoms with E-state index >= 15 is 0 Å². The number of nitrogens with zero attached hydrogens (tertiary/aromatic N) is 6. The van der Waals surface area contributed by atoms with Crippen LogP contribution < -0.4 is 10.2 Å². The summed E-state index contributed by atoms with van der Waals surface area (Å²) in [6, 6.07) is 14.5. The van der Waals surface area contributed by atoms with Crippen LogP contribution in [-0.4, -0.2) is 55.3 Å². The second-order valence-corrected chi connectivity index (χ2v) is 8.56. The van der Waals surface area contributed by atoms with Crippen molar-refractivity contribution in [3.05, 3.63) is 61.1 Å². The molecule has 3 aromatic heterocycles. The van der Waals surface area contributed by atoms with Crippen molar-refractivity contribution in [3.8, 4) is 0 Å². The van der Waals surface area contributed by atoms with E-state index in [0.29, 0.717) is 5.92 Å². The molecule has 1 atom stereocenters. The number of pyridine rings is 1. The first kappa shape index (κ1) is 19.7. The van der Waals surface area contributed by atoms with Crippen LogP contribution >= 0.6 is 12.2 Å². The Hall–Kier alpha value is -3.26. The topological polar surface area (TPSA) is 61.6 Å². The lowest BCUT2D eigenvalue weighted by Gasteiger charge is -2.45. The molecule has 0 saturated carbocycles. The van der Waals surface area contributed by atoms with Gasteiger partial charge < -0.3 is 15.1 Å². The Morgan fingerprint density at radius 2 is 1.97 bits per heavy atom. The molecule has 31 heavy (non-hydrogen) atoms. The van der Waals surface area contributed by atoms with Gasteiger partial charge in [-0.05, 0) is 54.5 Å². The lowest BCUT2D eigenvalue weighted by molar-refractivity contribution is 0.227. The van der Waals surface area contributed by atoms with Crippen LogP contribution in [0.25, 0.3) is 16.6 Å². The second-order valence-electron chi connectivity index (χ2n) is 8.18. The highest BCUT2D eigenvalue weighted by atomic mass is 32.1. The molecule has 4 heterocycles. The third-order valence-corrected chi connectivity index (χ3v) is 6.24. The molecule has 8 heteroatoms. The van der Waals surface area contributed by atoms with Gasteiger partial charge in [-0.25, -0.2) is 9.50 Å². The molecule has 1 unspecified atom stereocenters. The average molecular weight is 432 g/mol. The Morgan fingerprint density at radius 3 is 2.84 bits per heavy atom. The van der Waals surface area contributed by atoms with Gasteiger partial charge in [0.1, 0.15) is 5.82 Å². The number of thiocarbonyl (C=S) groups is 1. The fourth-order valence-electron chi connectivity index (χ4n) is 4.21. The van der Waals surface area contributed by atoms with Crippen molar-refractivity contribution in [1.29, 1.82) is 0 Å². The monoisotopic (exact) mass is 431 g/mol. The molecule has 0 radical (unpaired) electrons. The molecule has 0 bridgehead atoms. The first-order valence-electron chi connectivity index (χ1n) is 10.6. The summed E-state index contributed by atoms with van der Waals surface area (Å²) in [7, 11) is 0. The zero-order valence-corrected chi connectivity index (χ0v) is 18.5. The normalized spacial score (nSPS) is 16.9. The fourth-order valence-corrected chi connectivity index (χ4v) is 4.55.